The molecule has 1 N–H and O–H groups in total. The zero-order chi connectivity index (χ0) is 21.6. The lowest BCUT2D eigenvalue weighted by Gasteiger charge is -2.28. The number of benzene rings is 2. The molecule has 0 saturated carbocycles. The molecule has 6 heteroatoms. The SMILES string of the molecule is COc1ccccc1CN(CC1CCCO1)C(=O)CCC1Cc2ccccc2NC1=O. The van der Waals surface area contributed by atoms with Crippen LogP contribution in [0.1, 0.15) is 36.8 Å². The third-order valence-corrected chi connectivity index (χ3v) is 6.17. The second-order valence-corrected chi connectivity index (χ2v) is 8.31. The van der Waals surface area contributed by atoms with E-state index in [1.807, 2.05) is 53.4 Å². The first-order valence-corrected chi connectivity index (χ1v) is 11.0. The average Bonchev–Trinajstić information content (AvgIpc) is 3.30. The van der Waals surface area contributed by atoms with Crippen molar-refractivity contribution in [3.05, 3.63) is 59.7 Å². The van der Waals surface area contributed by atoms with Gasteiger partial charge in [-0.15, -0.1) is 0 Å². The quantitative estimate of drug-likeness (QED) is 0.703. The summed E-state index contributed by atoms with van der Waals surface area (Å²) in [7, 11) is 1.64. The van der Waals surface area contributed by atoms with Gasteiger partial charge in [-0.3, -0.25) is 9.59 Å². The normalized spacial score (nSPS) is 20.1. The molecule has 2 atom stereocenters. The summed E-state index contributed by atoms with van der Waals surface area (Å²) < 4.78 is 11.3. The first-order valence-electron chi connectivity index (χ1n) is 11.0. The fourth-order valence-electron chi connectivity index (χ4n) is 4.43. The number of amides is 2. The predicted octanol–water partition coefficient (Wildman–Crippen LogP) is 3.79. The molecular weight excluding hydrogens is 392 g/mol. The van der Waals surface area contributed by atoms with Crippen molar-refractivity contribution in [3.8, 4) is 5.75 Å². The molecule has 1 fully saturated rings. The van der Waals surface area contributed by atoms with Gasteiger partial charge in [-0.2, -0.15) is 0 Å². The van der Waals surface area contributed by atoms with Crippen LogP contribution in [0.3, 0.4) is 0 Å². The number of carbonyl (C=O) groups is 2. The van der Waals surface area contributed by atoms with Gasteiger partial charge in [-0.25, -0.2) is 0 Å². The summed E-state index contributed by atoms with van der Waals surface area (Å²) in [6, 6.07) is 15.6. The van der Waals surface area contributed by atoms with Gasteiger partial charge in [0.15, 0.2) is 0 Å². The van der Waals surface area contributed by atoms with Gasteiger partial charge < -0.3 is 19.7 Å². The fraction of sp³-hybridized carbons (Fsp3) is 0.440. The van der Waals surface area contributed by atoms with Crippen LogP contribution in [0.2, 0.25) is 0 Å². The third-order valence-electron chi connectivity index (χ3n) is 6.17. The molecule has 0 aliphatic carbocycles. The Kier molecular flexibility index (Phi) is 6.87. The molecule has 164 valence electrons. The van der Waals surface area contributed by atoms with E-state index in [0.717, 1.165) is 42.0 Å². The molecule has 0 bridgehead atoms. The molecule has 31 heavy (non-hydrogen) atoms. The number of nitrogens with zero attached hydrogens (tertiary/aromatic N) is 1. The smallest absolute Gasteiger partial charge is 0.227 e. The van der Waals surface area contributed by atoms with Crippen LogP contribution in [0.25, 0.3) is 0 Å². The Bertz CT molecular complexity index is 923. The zero-order valence-corrected chi connectivity index (χ0v) is 18.0. The monoisotopic (exact) mass is 422 g/mol. The van der Waals surface area contributed by atoms with E-state index in [1.165, 1.54) is 0 Å². The van der Waals surface area contributed by atoms with Crippen molar-refractivity contribution in [3.63, 3.8) is 0 Å². The molecule has 2 heterocycles. The van der Waals surface area contributed by atoms with Crippen LogP contribution in [0, 0.1) is 5.92 Å². The number of hydrogen-bond acceptors (Lipinski definition) is 4. The maximum absolute atomic E-state index is 13.2. The van der Waals surface area contributed by atoms with Crippen LogP contribution in [0.5, 0.6) is 5.75 Å². The number of hydrogen-bond donors (Lipinski definition) is 1. The highest BCUT2D eigenvalue weighted by Crippen LogP contribution is 2.28. The van der Waals surface area contributed by atoms with Crippen molar-refractivity contribution in [2.24, 2.45) is 5.92 Å². The Hall–Kier alpha value is -2.86. The minimum Gasteiger partial charge on any atom is -0.496 e. The molecule has 1 saturated heterocycles. The summed E-state index contributed by atoms with van der Waals surface area (Å²) in [6.07, 6.45) is 3.62. The maximum atomic E-state index is 13.2. The fourth-order valence-corrected chi connectivity index (χ4v) is 4.43. The van der Waals surface area contributed by atoms with Crippen LogP contribution >= 0.6 is 0 Å². The van der Waals surface area contributed by atoms with Crippen molar-refractivity contribution in [2.45, 2.75) is 44.8 Å². The Morgan fingerprint density at radius 1 is 1.19 bits per heavy atom. The van der Waals surface area contributed by atoms with Gasteiger partial charge in [0.05, 0.1) is 13.2 Å². The van der Waals surface area contributed by atoms with E-state index in [-0.39, 0.29) is 23.8 Å². The summed E-state index contributed by atoms with van der Waals surface area (Å²) >= 11 is 0. The highest BCUT2D eigenvalue weighted by Gasteiger charge is 2.28. The Balaban J connectivity index is 1.42. The molecule has 6 nitrogen and oxygen atoms in total. The Morgan fingerprint density at radius 2 is 2.00 bits per heavy atom. The average molecular weight is 423 g/mol. The maximum Gasteiger partial charge on any atom is 0.227 e. The second-order valence-electron chi connectivity index (χ2n) is 8.31. The second kappa shape index (κ2) is 9.96. The number of ether oxygens (including phenoxy) is 2. The summed E-state index contributed by atoms with van der Waals surface area (Å²) in [5.41, 5.74) is 2.98. The minimum absolute atomic E-state index is 0.00176. The topological polar surface area (TPSA) is 67.9 Å². The van der Waals surface area contributed by atoms with Gasteiger partial charge in [-0.1, -0.05) is 36.4 Å². The van der Waals surface area contributed by atoms with E-state index in [4.69, 9.17) is 9.47 Å². The van der Waals surface area contributed by atoms with Crippen molar-refractivity contribution in [1.29, 1.82) is 0 Å². The van der Waals surface area contributed by atoms with Crippen LogP contribution in [0.15, 0.2) is 48.5 Å². The largest absolute Gasteiger partial charge is 0.496 e. The lowest BCUT2D eigenvalue weighted by atomic mass is 9.89. The first kappa shape index (κ1) is 21.4. The van der Waals surface area contributed by atoms with Gasteiger partial charge in [0.2, 0.25) is 11.8 Å². The third kappa shape index (κ3) is 5.25. The molecule has 0 aromatic heterocycles. The van der Waals surface area contributed by atoms with E-state index in [2.05, 4.69) is 5.32 Å². The molecule has 0 radical (unpaired) electrons. The van der Waals surface area contributed by atoms with Crippen molar-refractivity contribution in [2.75, 3.05) is 25.6 Å². The van der Waals surface area contributed by atoms with Crippen LogP contribution in [-0.2, 0) is 27.3 Å². The van der Waals surface area contributed by atoms with Crippen molar-refractivity contribution < 1.29 is 19.1 Å². The van der Waals surface area contributed by atoms with E-state index in [9.17, 15) is 9.59 Å². The van der Waals surface area contributed by atoms with Gasteiger partial charge >= 0.3 is 0 Å². The number of anilines is 1. The molecule has 0 spiro atoms. The Labute approximate surface area is 183 Å². The lowest BCUT2D eigenvalue weighted by Crippen LogP contribution is -2.38. The standard InChI is InChI=1S/C25H30N2O4/c1-30-23-11-5-3-8-20(23)16-27(17-21-9-6-14-31-21)24(28)13-12-19-15-18-7-2-4-10-22(18)26-25(19)29/h2-5,7-8,10-11,19,21H,6,9,12-17H2,1H3,(H,26,29). The summed E-state index contributed by atoms with van der Waals surface area (Å²) in [4.78, 5) is 27.6. The number of nitrogens with one attached hydrogen (secondary N) is 1. The highest BCUT2D eigenvalue weighted by atomic mass is 16.5. The molecule has 2 amide bonds. The van der Waals surface area contributed by atoms with E-state index >= 15 is 0 Å². The minimum atomic E-state index is -0.185. The molecule has 2 unspecified atom stereocenters. The summed E-state index contributed by atoms with van der Waals surface area (Å²) in [6.45, 7) is 1.79. The molecule has 4 rings (SSSR count). The molecule has 2 aliphatic rings. The highest BCUT2D eigenvalue weighted by molar-refractivity contribution is 5.96. The number of methoxy groups -OCH3 is 1. The number of para-hydroxylation sites is 2. The molecule has 2 aromatic rings. The Morgan fingerprint density at radius 3 is 2.81 bits per heavy atom. The number of rotatable bonds is 8. The molecular formula is C25H30N2O4. The van der Waals surface area contributed by atoms with Crippen molar-refractivity contribution >= 4 is 17.5 Å². The lowest BCUT2D eigenvalue weighted by molar-refractivity contribution is -0.134. The van der Waals surface area contributed by atoms with Crippen LogP contribution in [0.4, 0.5) is 5.69 Å². The summed E-state index contributed by atoms with van der Waals surface area (Å²) in [5.74, 6) is 0.639. The zero-order valence-electron chi connectivity index (χ0n) is 18.0. The van der Waals surface area contributed by atoms with E-state index < -0.39 is 0 Å². The van der Waals surface area contributed by atoms with Crippen LogP contribution < -0.4 is 10.1 Å². The predicted molar refractivity (Wildman–Crippen MR) is 119 cm³/mol. The number of fused-ring (bicyclic) bond motifs is 1. The summed E-state index contributed by atoms with van der Waals surface area (Å²) in [5, 5.41) is 2.98. The molecule has 2 aliphatic heterocycles. The molecule has 2 aromatic carbocycles. The van der Waals surface area contributed by atoms with Gasteiger partial charge in [0.25, 0.3) is 0 Å². The van der Waals surface area contributed by atoms with E-state index in [0.29, 0.717) is 32.4 Å². The van der Waals surface area contributed by atoms with E-state index in [1.54, 1.807) is 7.11 Å². The van der Waals surface area contributed by atoms with Gasteiger partial charge in [0, 0.05) is 43.3 Å². The van der Waals surface area contributed by atoms with Crippen molar-refractivity contribution in [1.82, 2.24) is 4.90 Å². The van der Waals surface area contributed by atoms with Gasteiger partial charge in [0.1, 0.15) is 5.75 Å². The van der Waals surface area contributed by atoms with Crippen LogP contribution in [-0.4, -0.2) is 43.1 Å². The number of carbonyl (C=O) groups excluding carboxylic acids is 2. The van der Waals surface area contributed by atoms with Gasteiger partial charge in [-0.05, 0) is 43.4 Å². The first-order chi connectivity index (χ1) is 15.1.